The SMILES string of the molecule is CN=C(NCc1ncc(C(C)(C)C)o1)NCc1nc(-c2ccccc2)cs1.I. The molecule has 0 spiro atoms. The van der Waals surface area contributed by atoms with E-state index < -0.39 is 0 Å². The third-order valence-corrected chi connectivity index (χ3v) is 4.80. The minimum Gasteiger partial charge on any atom is -0.443 e. The molecule has 1 aromatic carbocycles. The maximum absolute atomic E-state index is 5.79. The van der Waals surface area contributed by atoms with Crippen LogP contribution in [0.4, 0.5) is 0 Å². The van der Waals surface area contributed by atoms with Crippen LogP contribution < -0.4 is 10.6 Å². The molecule has 150 valence electrons. The average molecular weight is 511 g/mol. The Hall–Kier alpha value is -1.94. The van der Waals surface area contributed by atoms with Gasteiger partial charge in [0.05, 0.1) is 25.0 Å². The van der Waals surface area contributed by atoms with Crippen LogP contribution in [0.3, 0.4) is 0 Å². The molecule has 0 bridgehead atoms. The molecule has 3 rings (SSSR count). The van der Waals surface area contributed by atoms with Crippen molar-refractivity contribution in [1.29, 1.82) is 0 Å². The van der Waals surface area contributed by atoms with Crippen molar-refractivity contribution in [3.63, 3.8) is 0 Å². The Labute approximate surface area is 186 Å². The number of aromatic nitrogens is 2. The summed E-state index contributed by atoms with van der Waals surface area (Å²) in [4.78, 5) is 13.2. The van der Waals surface area contributed by atoms with E-state index in [1.54, 1.807) is 24.6 Å². The number of aliphatic imine (C=N–C) groups is 1. The van der Waals surface area contributed by atoms with Crippen molar-refractivity contribution in [3.05, 3.63) is 58.6 Å². The van der Waals surface area contributed by atoms with E-state index in [4.69, 9.17) is 4.42 Å². The number of hydrogen-bond acceptors (Lipinski definition) is 5. The van der Waals surface area contributed by atoms with Gasteiger partial charge in [-0.1, -0.05) is 51.1 Å². The fraction of sp³-hybridized carbons (Fsp3) is 0.350. The summed E-state index contributed by atoms with van der Waals surface area (Å²) >= 11 is 1.63. The van der Waals surface area contributed by atoms with Gasteiger partial charge in [-0.25, -0.2) is 9.97 Å². The number of halogens is 1. The highest BCUT2D eigenvalue weighted by Gasteiger charge is 2.19. The lowest BCUT2D eigenvalue weighted by molar-refractivity contribution is 0.379. The molecule has 2 aromatic heterocycles. The summed E-state index contributed by atoms with van der Waals surface area (Å²) < 4.78 is 5.79. The van der Waals surface area contributed by atoms with Gasteiger partial charge in [-0.3, -0.25) is 4.99 Å². The lowest BCUT2D eigenvalue weighted by Crippen LogP contribution is -2.36. The van der Waals surface area contributed by atoms with Crippen LogP contribution in [0.15, 0.2) is 51.3 Å². The second-order valence-electron chi connectivity index (χ2n) is 7.14. The summed E-state index contributed by atoms with van der Waals surface area (Å²) in [6.45, 7) is 7.38. The van der Waals surface area contributed by atoms with Crippen LogP contribution in [0, 0.1) is 0 Å². The van der Waals surface area contributed by atoms with Gasteiger partial charge in [0.2, 0.25) is 5.89 Å². The Morgan fingerprint density at radius 3 is 2.50 bits per heavy atom. The van der Waals surface area contributed by atoms with E-state index in [1.807, 2.05) is 18.2 Å². The van der Waals surface area contributed by atoms with E-state index in [0.29, 0.717) is 24.9 Å². The molecule has 0 radical (unpaired) electrons. The minimum atomic E-state index is -0.0491. The van der Waals surface area contributed by atoms with E-state index in [0.717, 1.165) is 22.0 Å². The van der Waals surface area contributed by atoms with Crippen molar-refractivity contribution in [2.24, 2.45) is 4.99 Å². The Morgan fingerprint density at radius 1 is 1.14 bits per heavy atom. The van der Waals surface area contributed by atoms with Gasteiger partial charge >= 0.3 is 0 Å². The predicted molar refractivity (Wildman–Crippen MR) is 125 cm³/mol. The zero-order chi connectivity index (χ0) is 19.3. The molecule has 0 atom stereocenters. The molecule has 0 saturated heterocycles. The van der Waals surface area contributed by atoms with Crippen LogP contribution in [-0.4, -0.2) is 23.0 Å². The summed E-state index contributed by atoms with van der Waals surface area (Å²) in [6, 6.07) is 10.2. The maximum atomic E-state index is 5.79. The quantitative estimate of drug-likeness (QED) is 0.298. The van der Waals surface area contributed by atoms with Crippen molar-refractivity contribution < 1.29 is 4.42 Å². The zero-order valence-corrected chi connectivity index (χ0v) is 19.7. The average Bonchev–Trinajstić information content (AvgIpc) is 3.32. The molecule has 0 aliphatic heterocycles. The molecule has 0 amide bonds. The van der Waals surface area contributed by atoms with Gasteiger partial charge in [0, 0.05) is 23.4 Å². The van der Waals surface area contributed by atoms with Crippen LogP contribution in [0.5, 0.6) is 0 Å². The number of benzene rings is 1. The Balaban J connectivity index is 0.00000280. The molecule has 0 unspecified atom stereocenters. The highest BCUT2D eigenvalue weighted by molar-refractivity contribution is 14.0. The standard InChI is InChI=1S/C20H25N5OS.HI/c1-20(2,3)16-10-22-17(26-16)11-23-19(21-4)24-12-18-25-15(13-27-18)14-8-6-5-7-9-14;/h5-10,13H,11-12H2,1-4H3,(H2,21,23,24);1H. The van der Waals surface area contributed by atoms with E-state index in [9.17, 15) is 0 Å². The van der Waals surface area contributed by atoms with E-state index in [1.165, 1.54) is 0 Å². The Bertz CT molecular complexity index is 899. The first-order valence-electron chi connectivity index (χ1n) is 8.85. The fourth-order valence-corrected chi connectivity index (χ4v) is 3.15. The molecular formula is C20H26IN5OS. The number of nitrogens with one attached hydrogen (secondary N) is 2. The summed E-state index contributed by atoms with van der Waals surface area (Å²) in [5, 5.41) is 9.57. The maximum Gasteiger partial charge on any atom is 0.213 e. The van der Waals surface area contributed by atoms with E-state index in [2.05, 4.69) is 63.9 Å². The van der Waals surface area contributed by atoms with Crippen LogP contribution in [-0.2, 0) is 18.5 Å². The summed E-state index contributed by atoms with van der Waals surface area (Å²) in [7, 11) is 1.74. The van der Waals surface area contributed by atoms with Crippen molar-refractivity contribution in [1.82, 2.24) is 20.6 Å². The van der Waals surface area contributed by atoms with Gasteiger partial charge < -0.3 is 15.1 Å². The molecule has 3 aromatic rings. The van der Waals surface area contributed by atoms with E-state index >= 15 is 0 Å². The second-order valence-corrected chi connectivity index (χ2v) is 8.08. The topological polar surface area (TPSA) is 75.3 Å². The van der Waals surface area contributed by atoms with Crippen molar-refractivity contribution in [3.8, 4) is 11.3 Å². The predicted octanol–water partition coefficient (Wildman–Crippen LogP) is 4.58. The summed E-state index contributed by atoms with van der Waals surface area (Å²) in [5.41, 5.74) is 2.07. The van der Waals surface area contributed by atoms with Gasteiger partial charge in [0.15, 0.2) is 5.96 Å². The number of thiazole rings is 1. The third-order valence-electron chi connectivity index (χ3n) is 3.95. The largest absolute Gasteiger partial charge is 0.443 e. The van der Waals surface area contributed by atoms with Gasteiger partial charge in [0.25, 0.3) is 0 Å². The Kier molecular flexibility index (Phi) is 7.99. The monoisotopic (exact) mass is 511 g/mol. The summed E-state index contributed by atoms with van der Waals surface area (Å²) in [6.07, 6.45) is 1.79. The highest BCUT2D eigenvalue weighted by atomic mass is 127. The molecule has 6 nitrogen and oxygen atoms in total. The first-order chi connectivity index (χ1) is 13.0. The van der Waals surface area contributed by atoms with Crippen LogP contribution in [0.2, 0.25) is 0 Å². The number of hydrogen-bond donors (Lipinski definition) is 2. The highest BCUT2D eigenvalue weighted by Crippen LogP contribution is 2.23. The summed E-state index contributed by atoms with van der Waals surface area (Å²) in [5.74, 6) is 2.20. The molecule has 0 aliphatic carbocycles. The zero-order valence-electron chi connectivity index (χ0n) is 16.5. The third kappa shape index (κ3) is 6.03. The lowest BCUT2D eigenvalue weighted by Gasteiger charge is -2.13. The first-order valence-corrected chi connectivity index (χ1v) is 9.73. The van der Waals surface area contributed by atoms with Crippen molar-refractivity contribution in [2.45, 2.75) is 39.3 Å². The first kappa shape index (κ1) is 22.4. The van der Waals surface area contributed by atoms with Gasteiger partial charge in [-0.05, 0) is 0 Å². The normalized spacial score (nSPS) is 11.8. The lowest BCUT2D eigenvalue weighted by atomic mass is 9.94. The smallest absolute Gasteiger partial charge is 0.213 e. The molecule has 28 heavy (non-hydrogen) atoms. The number of oxazole rings is 1. The van der Waals surface area contributed by atoms with Gasteiger partial charge in [-0.15, -0.1) is 35.3 Å². The van der Waals surface area contributed by atoms with E-state index in [-0.39, 0.29) is 29.4 Å². The molecule has 0 aliphatic rings. The molecule has 8 heteroatoms. The number of rotatable bonds is 5. The second kappa shape index (κ2) is 10.0. The van der Waals surface area contributed by atoms with Gasteiger partial charge in [-0.2, -0.15) is 0 Å². The number of guanidine groups is 1. The number of nitrogens with zero attached hydrogens (tertiary/aromatic N) is 3. The Morgan fingerprint density at radius 2 is 1.86 bits per heavy atom. The molecule has 0 saturated carbocycles. The van der Waals surface area contributed by atoms with Gasteiger partial charge in [0.1, 0.15) is 10.8 Å². The van der Waals surface area contributed by atoms with Crippen LogP contribution >= 0.6 is 35.3 Å². The van der Waals surface area contributed by atoms with Crippen LogP contribution in [0.25, 0.3) is 11.3 Å². The van der Waals surface area contributed by atoms with Crippen LogP contribution in [0.1, 0.15) is 37.4 Å². The van der Waals surface area contributed by atoms with Crippen molar-refractivity contribution in [2.75, 3.05) is 7.05 Å². The molecule has 2 N–H and O–H groups in total. The minimum absolute atomic E-state index is 0. The fourth-order valence-electron chi connectivity index (χ4n) is 2.41. The molecule has 2 heterocycles. The molecular weight excluding hydrogens is 485 g/mol. The van der Waals surface area contributed by atoms with Crippen molar-refractivity contribution >= 4 is 41.3 Å². The molecule has 0 fully saturated rings.